The van der Waals surface area contributed by atoms with Crippen LogP contribution >= 0.6 is 22.7 Å². The molecule has 1 aliphatic heterocycles. The van der Waals surface area contributed by atoms with Crippen LogP contribution in [0.2, 0.25) is 0 Å². The van der Waals surface area contributed by atoms with Crippen molar-refractivity contribution in [2.24, 2.45) is 0 Å². The van der Waals surface area contributed by atoms with Gasteiger partial charge in [0, 0.05) is 32.7 Å². The van der Waals surface area contributed by atoms with E-state index in [1.54, 1.807) is 24.6 Å². The van der Waals surface area contributed by atoms with Crippen molar-refractivity contribution in [2.75, 3.05) is 39.8 Å². The molecule has 0 atom stereocenters. The number of rotatable bonds is 6. The molecule has 0 aliphatic carbocycles. The standard InChI is InChI=1S/C21H23N3O2S2/c1-26-17-6-4-16(5-7-17)8-9-23-10-12-24(13-11-23)21(25)19-15-22-20(28-19)18-3-2-14-27-18/h2-7,14-15H,8-13H2,1H3. The molecule has 0 spiro atoms. The average Bonchev–Trinajstić information content (AvgIpc) is 3.44. The maximum atomic E-state index is 12.8. The molecule has 0 saturated carbocycles. The lowest BCUT2D eigenvalue weighted by atomic mass is 10.1. The molecule has 1 aromatic carbocycles. The molecular formula is C21H23N3O2S2. The van der Waals surface area contributed by atoms with E-state index in [1.165, 1.54) is 16.9 Å². The zero-order chi connectivity index (χ0) is 19.3. The highest BCUT2D eigenvalue weighted by Gasteiger charge is 2.23. The van der Waals surface area contributed by atoms with Gasteiger partial charge in [0.2, 0.25) is 0 Å². The average molecular weight is 414 g/mol. The first-order valence-corrected chi connectivity index (χ1v) is 11.1. The fraction of sp³-hybridized carbons (Fsp3) is 0.333. The molecule has 28 heavy (non-hydrogen) atoms. The third kappa shape index (κ3) is 4.43. The van der Waals surface area contributed by atoms with Gasteiger partial charge in [0.15, 0.2) is 0 Å². The van der Waals surface area contributed by atoms with Crippen LogP contribution in [-0.4, -0.2) is 60.5 Å². The smallest absolute Gasteiger partial charge is 0.265 e. The van der Waals surface area contributed by atoms with Gasteiger partial charge in [-0.3, -0.25) is 9.69 Å². The number of methoxy groups -OCH3 is 1. The molecule has 1 fully saturated rings. The highest BCUT2D eigenvalue weighted by Crippen LogP contribution is 2.29. The molecule has 2 aromatic heterocycles. The summed E-state index contributed by atoms with van der Waals surface area (Å²) in [6.45, 7) is 4.38. The summed E-state index contributed by atoms with van der Waals surface area (Å²) in [4.78, 5) is 23.5. The van der Waals surface area contributed by atoms with E-state index in [0.717, 1.165) is 59.7 Å². The van der Waals surface area contributed by atoms with Crippen LogP contribution in [0.1, 0.15) is 15.2 Å². The molecule has 1 amide bonds. The van der Waals surface area contributed by atoms with Crippen LogP contribution in [0.3, 0.4) is 0 Å². The second kappa shape index (κ2) is 8.86. The summed E-state index contributed by atoms with van der Waals surface area (Å²) < 4.78 is 5.21. The Morgan fingerprint density at radius 1 is 1.14 bits per heavy atom. The van der Waals surface area contributed by atoms with Crippen molar-refractivity contribution in [1.82, 2.24) is 14.8 Å². The first-order chi connectivity index (χ1) is 13.7. The van der Waals surface area contributed by atoms with Crippen molar-refractivity contribution in [3.63, 3.8) is 0 Å². The molecule has 3 heterocycles. The maximum Gasteiger partial charge on any atom is 0.265 e. The lowest BCUT2D eigenvalue weighted by Gasteiger charge is -2.34. The van der Waals surface area contributed by atoms with Gasteiger partial charge in [-0.1, -0.05) is 18.2 Å². The number of carbonyl (C=O) groups excluding carboxylic acids is 1. The first kappa shape index (κ1) is 19.1. The van der Waals surface area contributed by atoms with Crippen LogP contribution in [0, 0.1) is 0 Å². The Hall–Kier alpha value is -2.22. The zero-order valence-electron chi connectivity index (χ0n) is 15.8. The van der Waals surface area contributed by atoms with Gasteiger partial charge in [-0.05, 0) is 35.6 Å². The molecule has 146 valence electrons. The second-order valence-corrected chi connectivity index (χ2v) is 8.72. The molecule has 0 unspecified atom stereocenters. The Morgan fingerprint density at radius 2 is 1.93 bits per heavy atom. The molecule has 4 rings (SSSR count). The van der Waals surface area contributed by atoms with Crippen LogP contribution in [-0.2, 0) is 6.42 Å². The minimum Gasteiger partial charge on any atom is -0.497 e. The summed E-state index contributed by atoms with van der Waals surface area (Å²) in [6, 6.07) is 12.3. The fourth-order valence-corrected chi connectivity index (χ4v) is 4.98. The molecule has 1 aliphatic rings. The lowest BCUT2D eigenvalue weighted by Crippen LogP contribution is -2.49. The quantitative estimate of drug-likeness (QED) is 0.615. The SMILES string of the molecule is COc1ccc(CCN2CCN(C(=O)c3cnc(-c4cccs4)s3)CC2)cc1. The van der Waals surface area contributed by atoms with Crippen molar-refractivity contribution >= 4 is 28.6 Å². The minimum absolute atomic E-state index is 0.107. The summed E-state index contributed by atoms with van der Waals surface area (Å²) >= 11 is 3.14. The van der Waals surface area contributed by atoms with Gasteiger partial charge in [0.1, 0.15) is 15.6 Å². The fourth-order valence-electron chi connectivity index (χ4n) is 3.30. The molecule has 0 bridgehead atoms. The van der Waals surface area contributed by atoms with E-state index in [9.17, 15) is 4.79 Å². The summed E-state index contributed by atoms with van der Waals surface area (Å²) in [6.07, 6.45) is 2.73. The lowest BCUT2D eigenvalue weighted by molar-refractivity contribution is 0.0643. The van der Waals surface area contributed by atoms with E-state index >= 15 is 0 Å². The highest BCUT2D eigenvalue weighted by atomic mass is 32.1. The van der Waals surface area contributed by atoms with Crippen LogP contribution in [0.4, 0.5) is 0 Å². The molecule has 7 heteroatoms. The van der Waals surface area contributed by atoms with E-state index in [2.05, 4.69) is 22.0 Å². The third-order valence-corrected chi connectivity index (χ3v) is 7.01. The van der Waals surface area contributed by atoms with Crippen LogP contribution in [0.15, 0.2) is 48.0 Å². The molecule has 1 saturated heterocycles. The van der Waals surface area contributed by atoms with Gasteiger partial charge in [-0.25, -0.2) is 4.98 Å². The monoisotopic (exact) mass is 413 g/mol. The number of aromatic nitrogens is 1. The first-order valence-electron chi connectivity index (χ1n) is 9.37. The van der Waals surface area contributed by atoms with Gasteiger partial charge in [0.25, 0.3) is 5.91 Å². The van der Waals surface area contributed by atoms with Gasteiger partial charge in [-0.15, -0.1) is 22.7 Å². The Labute approximate surface area is 173 Å². The van der Waals surface area contributed by atoms with Gasteiger partial charge in [-0.2, -0.15) is 0 Å². The Kier molecular flexibility index (Phi) is 6.04. The number of hydrogen-bond donors (Lipinski definition) is 0. The van der Waals surface area contributed by atoms with Crippen LogP contribution < -0.4 is 4.74 Å². The van der Waals surface area contributed by atoms with Crippen LogP contribution in [0.25, 0.3) is 9.88 Å². The number of nitrogens with zero attached hydrogens (tertiary/aromatic N) is 3. The topological polar surface area (TPSA) is 45.7 Å². The van der Waals surface area contributed by atoms with Crippen molar-refractivity contribution in [3.8, 4) is 15.6 Å². The number of carbonyl (C=O) groups is 1. The van der Waals surface area contributed by atoms with E-state index in [4.69, 9.17) is 4.74 Å². The van der Waals surface area contributed by atoms with Crippen LogP contribution in [0.5, 0.6) is 5.75 Å². The number of ether oxygens (including phenoxy) is 1. The number of amides is 1. The number of thiazole rings is 1. The largest absolute Gasteiger partial charge is 0.497 e. The highest BCUT2D eigenvalue weighted by molar-refractivity contribution is 7.21. The Balaban J connectivity index is 1.27. The molecule has 5 nitrogen and oxygen atoms in total. The molecule has 0 N–H and O–H groups in total. The number of piperazine rings is 1. The summed E-state index contributed by atoms with van der Waals surface area (Å²) in [5, 5.41) is 2.96. The predicted molar refractivity (Wildman–Crippen MR) is 114 cm³/mol. The molecule has 0 radical (unpaired) electrons. The third-order valence-electron chi connectivity index (χ3n) is 4.98. The molecule has 3 aromatic rings. The van der Waals surface area contributed by atoms with Crippen molar-refractivity contribution in [2.45, 2.75) is 6.42 Å². The Morgan fingerprint density at radius 3 is 2.61 bits per heavy atom. The summed E-state index contributed by atoms with van der Waals surface area (Å²) in [5.74, 6) is 0.997. The van der Waals surface area contributed by atoms with E-state index in [1.807, 2.05) is 34.5 Å². The summed E-state index contributed by atoms with van der Waals surface area (Å²) in [5.41, 5.74) is 1.31. The Bertz CT molecular complexity index is 898. The van der Waals surface area contributed by atoms with Crippen molar-refractivity contribution in [3.05, 3.63) is 58.4 Å². The second-order valence-electron chi connectivity index (χ2n) is 6.74. The van der Waals surface area contributed by atoms with E-state index in [-0.39, 0.29) is 5.91 Å². The summed E-state index contributed by atoms with van der Waals surface area (Å²) in [7, 11) is 1.69. The number of hydrogen-bond acceptors (Lipinski definition) is 6. The predicted octanol–water partition coefficient (Wildman–Crippen LogP) is 3.88. The van der Waals surface area contributed by atoms with E-state index in [0.29, 0.717) is 0 Å². The number of thiophene rings is 1. The normalized spacial score (nSPS) is 15.0. The van der Waals surface area contributed by atoms with Gasteiger partial charge >= 0.3 is 0 Å². The van der Waals surface area contributed by atoms with Crippen molar-refractivity contribution < 1.29 is 9.53 Å². The van der Waals surface area contributed by atoms with Crippen molar-refractivity contribution in [1.29, 1.82) is 0 Å². The van der Waals surface area contributed by atoms with Gasteiger partial charge < -0.3 is 9.64 Å². The van der Waals surface area contributed by atoms with E-state index < -0.39 is 0 Å². The number of benzene rings is 1. The maximum absolute atomic E-state index is 12.8. The minimum atomic E-state index is 0.107. The molecular weight excluding hydrogens is 390 g/mol. The zero-order valence-corrected chi connectivity index (χ0v) is 17.5. The van der Waals surface area contributed by atoms with Gasteiger partial charge in [0.05, 0.1) is 18.2 Å².